The van der Waals surface area contributed by atoms with Crippen LogP contribution < -0.4 is 5.32 Å². The number of nitrogens with one attached hydrogen (secondary N) is 1. The van der Waals surface area contributed by atoms with Gasteiger partial charge < -0.3 is 5.32 Å². The summed E-state index contributed by atoms with van der Waals surface area (Å²) in [5, 5.41) is 4.57. The molecule has 1 aromatic heterocycles. The highest BCUT2D eigenvalue weighted by molar-refractivity contribution is 7.15. The highest BCUT2D eigenvalue weighted by atomic mass is 32.1. The molecule has 0 radical (unpaired) electrons. The Morgan fingerprint density at radius 2 is 2.19 bits per heavy atom. The third-order valence-electron chi connectivity index (χ3n) is 3.13. The van der Waals surface area contributed by atoms with Crippen molar-refractivity contribution >= 4 is 16.5 Å². The second-order valence-corrected chi connectivity index (χ2v) is 6.58. The van der Waals surface area contributed by atoms with E-state index in [1.165, 1.54) is 23.4 Å². The second kappa shape index (κ2) is 4.74. The van der Waals surface area contributed by atoms with E-state index in [0.29, 0.717) is 11.8 Å². The fraction of sp³-hybridized carbons (Fsp3) is 0.769. The molecule has 0 bridgehead atoms. The van der Waals surface area contributed by atoms with Crippen LogP contribution in [-0.4, -0.2) is 11.5 Å². The minimum Gasteiger partial charge on any atom is -0.361 e. The third-order valence-corrected chi connectivity index (χ3v) is 4.42. The van der Waals surface area contributed by atoms with Crippen LogP contribution in [0, 0.1) is 11.8 Å². The topological polar surface area (TPSA) is 24.9 Å². The van der Waals surface area contributed by atoms with Gasteiger partial charge >= 0.3 is 0 Å². The molecule has 0 saturated heterocycles. The Labute approximate surface area is 102 Å². The highest BCUT2D eigenvalue weighted by Gasteiger charge is 2.25. The smallest absolute Gasteiger partial charge is 0.183 e. The zero-order valence-corrected chi connectivity index (χ0v) is 11.5. The maximum Gasteiger partial charge on any atom is 0.183 e. The summed E-state index contributed by atoms with van der Waals surface area (Å²) >= 11 is 1.87. The molecule has 1 aliphatic rings. The minimum atomic E-state index is 0.678. The summed E-state index contributed by atoms with van der Waals surface area (Å²) in [4.78, 5) is 6.25. The maximum atomic E-state index is 4.73. The van der Waals surface area contributed by atoms with Crippen molar-refractivity contribution in [3.8, 4) is 0 Å². The van der Waals surface area contributed by atoms with Gasteiger partial charge in [0.15, 0.2) is 5.13 Å². The van der Waals surface area contributed by atoms with Crippen molar-refractivity contribution in [3.63, 3.8) is 0 Å². The number of aromatic nitrogens is 1. The molecule has 1 heterocycles. The molecule has 2 nitrogen and oxygen atoms in total. The predicted molar refractivity (Wildman–Crippen MR) is 71.3 cm³/mol. The summed E-state index contributed by atoms with van der Waals surface area (Å²) in [6, 6.07) is 0. The monoisotopic (exact) mass is 238 g/mol. The van der Waals surface area contributed by atoms with Gasteiger partial charge in [-0.25, -0.2) is 4.98 Å². The van der Waals surface area contributed by atoms with Crippen LogP contribution in [0.4, 0.5) is 5.13 Å². The van der Waals surface area contributed by atoms with Gasteiger partial charge in [-0.3, -0.25) is 0 Å². The molecule has 0 fully saturated rings. The number of hydrogen-bond acceptors (Lipinski definition) is 3. The molecule has 1 aliphatic carbocycles. The molecule has 90 valence electrons. The van der Waals surface area contributed by atoms with Crippen molar-refractivity contribution in [2.45, 2.75) is 46.5 Å². The number of nitrogens with zero attached hydrogens (tertiary/aromatic N) is 1. The van der Waals surface area contributed by atoms with Crippen LogP contribution in [0.2, 0.25) is 0 Å². The number of fused-ring (bicyclic) bond motifs is 1. The molecule has 16 heavy (non-hydrogen) atoms. The van der Waals surface area contributed by atoms with E-state index in [1.54, 1.807) is 0 Å². The van der Waals surface area contributed by atoms with Gasteiger partial charge in [0.1, 0.15) is 0 Å². The molecule has 1 aromatic rings. The predicted octanol–water partition coefficient (Wildman–Crippen LogP) is 3.90. The van der Waals surface area contributed by atoms with Gasteiger partial charge in [-0.15, -0.1) is 11.3 Å². The summed E-state index contributed by atoms with van der Waals surface area (Å²) < 4.78 is 0. The molecule has 0 aromatic carbocycles. The quantitative estimate of drug-likeness (QED) is 0.864. The Balaban J connectivity index is 2.10. The normalized spacial score (nSPS) is 24.6. The number of hydrogen-bond donors (Lipinski definition) is 1. The van der Waals surface area contributed by atoms with Gasteiger partial charge in [-0.05, 0) is 30.6 Å². The minimum absolute atomic E-state index is 0.678. The van der Waals surface area contributed by atoms with Crippen LogP contribution in [0.25, 0.3) is 0 Å². The lowest BCUT2D eigenvalue weighted by molar-refractivity contribution is 0.450. The Bertz CT molecular complexity index is 357. The van der Waals surface area contributed by atoms with Crippen molar-refractivity contribution in [3.05, 3.63) is 10.6 Å². The highest BCUT2D eigenvalue weighted by Crippen LogP contribution is 2.39. The van der Waals surface area contributed by atoms with Gasteiger partial charge in [-0.2, -0.15) is 0 Å². The Hall–Kier alpha value is -0.570. The van der Waals surface area contributed by atoms with E-state index in [2.05, 4.69) is 33.0 Å². The summed E-state index contributed by atoms with van der Waals surface area (Å²) in [5.41, 5.74) is 1.35. The molecule has 2 unspecified atom stereocenters. The molecule has 0 saturated carbocycles. The van der Waals surface area contributed by atoms with Crippen LogP contribution in [0.1, 0.15) is 50.6 Å². The first-order valence-electron chi connectivity index (χ1n) is 6.29. The number of rotatable bonds is 3. The summed E-state index contributed by atoms with van der Waals surface area (Å²) in [6.45, 7) is 10.1. The van der Waals surface area contributed by atoms with Crippen LogP contribution in [0.3, 0.4) is 0 Å². The standard InChI is InChI=1S/C13H22N2S/c1-8(2)7-14-13-15-11-6-9(3)5-10(4)12(11)16-13/h8-10H,5-7H2,1-4H3,(H,14,15). The van der Waals surface area contributed by atoms with E-state index in [1.807, 2.05) is 11.3 Å². The van der Waals surface area contributed by atoms with Gasteiger partial charge in [0, 0.05) is 11.4 Å². The lowest BCUT2D eigenvalue weighted by Gasteiger charge is -2.22. The molecular weight excluding hydrogens is 216 g/mol. The average Bonchev–Trinajstić information content (AvgIpc) is 2.57. The summed E-state index contributed by atoms with van der Waals surface area (Å²) in [7, 11) is 0. The van der Waals surface area contributed by atoms with Crippen LogP contribution in [-0.2, 0) is 6.42 Å². The largest absolute Gasteiger partial charge is 0.361 e. The molecule has 0 aliphatic heterocycles. The van der Waals surface area contributed by atoms with Crippen LogP contribution in [0.5, 0.6) is 0 Å². The van der Waals surface area contributed by atoms with E-state index in [4.69, 9.17) is 4.98 Å². The van der Waals surface area contributed by atoms with Crippen LogP contribution in [0.15, 0.2) is 0 Å². The maximum absolute atomic E-state index is 4.73. The average molecular weight is 238 g/mol. The first-order chi connectivity index (χ1) is 7.56. The third kappa shape index (κ3) is 2.57. The summed E-state index contributed by atoms with van der Waals surface area (Å²) in [6.07, 6.45) is 2.48. The fourth-order valence-electron chi connectivity index (χ4n) is 2.39. The molecular formula is C13H22N2S. The Morgan fingerprint density at radius 1 is 1.44 bits per heavy atom. The van der Waals surface area contributed by atoms with Crippen molar-refractivity contribution in [1.29, 1.82) is 0 Å². The zero-order chi connectivity index (χ0) is 11.7. The number of thiazole rings is 1. The van der Waals surface area contributed by atoms with Gasteiger partial charge in [0.25, 0.3) is 0 Å². The van der Waals surface area contributed by atoms with Crippen molar-refractivity contribution in [2.75, 3.05) is 11.9 Å². The van der Waals surface area contributed by atoms with Crippen molar-refractivity contribution in [2.24, 2.45) is 11.8 Å². The number of anilines is 1. The first-order valence-corrected chi connectivity index (χ1v) is 7.11. The molecule has 3 heteroatoms. The van der Waals surface area contributed by atoms with Crippen LogP contribution >= 0.6 is 11.3 Å². The fourth-order valence-corrected chi connectivity index (χ4v) is 3.45. The molecule has 0 amide bonds. The molecule has 2 atom stereocenters. The van der Waals surface area contributed by atoms with Gasteiger partial charge in [-0.1, -0.05) is 27.7 Å². The molecule has 2 rings (SSSR count). The van der Waals surface area contributed by atoms with E-state index < -0.39 is 0 Å². The molecule has 1 N–H and O–H groups in total. The van der Waals surface area contributed by atoms with E-state index >= 15 is 0 Å². The lowest BCUT2D eigenvalue weighted by atomic mass is 9.86. The Kier molecular flexibility index (Phi) is 3.53. The second-order valence-electron chi connectivity index (χ2n) is 5.55. The zero-order valence-electron chi connectivity index (χ0n) is 10.7. The first kappa shape index (κ1) is 11.9. The van der Waals surface area contributed by atoms with E-state index in [0.717, 1.165) is 17.6 Å². The van der Waals surface area contributed by atoms with Crippen molar-refractivity contribution in [1.82, 2.24) is 4.98 Å². The van der Waals surface area contributed by atoms with E-state index in [9.17, 15) is 0 Å². The molecule has 0 spiro atoms. The lowest BCUT2D eigenvalue weighted by Crippen LogP contribution is -2.13. The summed E-state index contributed by atoms with van der Waals surface area (Å²) in [5.74, 6) is 2.17. The SMILES string of the molecule is CC(C)CNc1nc2c(s1)C(C)CC(C)C2. The van der Waals surface area contributed by atoms with E-state index in [-0.39, 0.29) is 0 Å². The van der Waals surface area contributed by atoms with Gasteiger partial charge in [0.05, 0.1) is 5.69 Å². The van der Waals surface area contributed by atoms with Gasteiger partial charge in [0.2, 0.25) is 0 Å². The van der Waals surface area contributed by atoms with Crippen molar-refractivity contribution < 1.29 is 0 Å². The Morgan fingerprint density at radius 3 is 2.88 bits per heavy atom.